The molecule has 130 valence electrons. The molecule has 0 saturated carbocycles. The second-order valence-electron chi connectivity index (χ2n) is 6.74. The van der Waals surface area contributed by atoms with E-state index in [4.69, 9.17) is 0 Å². The second kappa shape index (κ2) is 8.88. The third-order valence-corrected chi connectivity index (χ3v) is 5.04. The number of rotatable bonds is 6. The molecule has 2 aliphatic rings. The van der Waals surface area contributed by atoms with Crippen LogP contribution in [0.25, 0.3) is 0 Å². The zero-order valence-electron chi connectivity index (χ0n) is 14.5. The predicted octanol–water partition coefficient (Wildman–Crippen LogP) is 2.82. The van der Waals surface area contributed by atoms with Crippen LogP contribution in [-0.2, 0) is 4.79 Å². The van der Waals surface area contributed by atoms with Crippen LogP contribution in [0.4, 0.5) is 5.69 Å². The van der Waals surface area contributed by atoms with Crippen LogP contribution in [0.2, 0.25) is 0 Å². The number of amides is 1. The lowest BCUT2D eigenvalue weighted by Gasteiger charge is -2.36. The summed E-state index contributed by atoms with van der Waals surface area (Å²) >= 11 is 0. The summed E-state index contributed by atoms with van der Waals surface area (Å²) in [5.74, 6) is 0.236. The van der Waals surface area contributed by atoms with Crippen molar-refractivity contribution in [1.29, 1.82) is 0 Å². The number of benzene rings is 1. The molecule has 0 radical (unpaired) electrons. The van der Waals surface area contributed by atoms with E-state index in [1.807, 2.05) is 11.0 Å². The van der Waals surface area contributed by atoms with Crippen LogP contribution in [0, 0.1) is 0 Å². The molecule has 4 nitrogen and oxygen atoms in total. The molecule has 0 aromatic heterocycles. The van der Waals surface area contributed by atoms with Crippen molar-refractivity contribution in [1.82, 2.24) is 10.2 Å². The molecule has 1 heterocycles. The maximum atomic E-state index is 12.3. The molecule has 1 saturated heterocycles. The van der Waals surface area contributed by atoms with Crippen LogP contribution < -0.4 is 10.2 Å². The Bertz CT molecular complexity index is 547. The van der Waals surface area contributed by atoms with Gasteiger partial charge in [0.2, 0.25) is 5.91 Å². The van der Waals surface area contributed by atoms with Crippen molar-refractivity contribution in [2.45, 2.75) is 32.1 Å². The van der Waals surface area contributed by atoms with Gasteiger partial charge in [-0.1, -0.05) is 29.8 Å². The van der Waals surface area contributed by atoms with Crippen LogP contribution in [0.3, 0.4) is 0 Å². The lowest BCUT2D eigenvalue weighted by molar-refractivity contribution is -0.130. The van der Waals surface area contributed by atoms with E-state index in [1.54, 1.807) is 5.57 Å². The molecule has 1 aromatic rings. The summed E-state index contributed by atoms with van der Waals surface area (Å²) < 4.78 is 0. The first-order valence-corrected chi connectivity index (χ1v) is 9.29. The molecule has 1 aliphatic heterocycles. The minimum atomic E-state index is 0.236. The third kappa shape index (κ3) is 4.84. The molecule has 24 heavy (non-hydrogen) atoms. The Kier molecular flexibility index (Phi) is 6.30. The highest BCUT2D eigenvalue weighted by Crippen LogP contribution is 2.19. The minimum absolute atomic E-state index is 0.236. The first-order chi connectivity index (χ1) is 11.8. The lowest BCUT2D eigenvalue weighted by Crippen LogP contribution is -2.50. The van der Waals surface area contributed by atoms with Gasteiger partial charge in [0.25, 0.3) is 0 Å². The SMILES string of the molecule is O=C(CNCCC1=CCCCC1)N1CCN(c2ccccc2)CC1. The number of nitrogens with one attached hydrogen (secondary N) is 1. The molecule has 0 spiro atoms. The van der Waals surface area contributed by atoms with E-state index in [9.17, 15) is 4.79 Å². The van der Waals surface area contributed by atoms with Gasteiger partial charge in [-0.2, -0.15) is 0 Å². The zero-order valence-corrected chi connectivity index (χ0v) is 14.5. The number of hydrogen-bond acceptors (Lipinski definition) is 3. The first kappa shape index (κ1) is 17.0. The number of nitrogens with zero attached hydrogens (tertiary/aromatic N) is 2. The van der Waals surface area contributed by atoms with Gasteiger partial charge in [0.05, 0.1) is 6.54 Å². The Morgan fingerprint density at radius 1 is 1.04 bits per heavy atom. The highest BCUT2D eigenvalue weighted by molar-refractivity contribution is 5.78. The highest BCUT2D eigenvalue weighted by atomic mass is 16.2. The Labute approximate surface area is 145 Å². The van der Waals surface area contributed by atoms with Crippen molar-refractivity contribution >= 4 is 11.6 Å². The Morgan fingerprint density at radius 2 is 1.83 bits per heavy atom. The molecule has 0 unspecified atom stereocenters. The Balaban J connectivity index is 1.34. The van der Waals surface area contributed by atoms with E-state index in [0.29, 0.717) is 6.54 Å². The van der Waals surface area contributed by atoms with Crippen LogP contribution in [-0.4, -0.2) is 50.1 Å². The molecular weight excluding hydrogens is 298 g/mol. The Hall–Kier alpha value is -1.81. The number of carbonyl (C=O) groups is 1. The molecule has 1 amide bonds. The number of piperazine rings is 1. The summed E-state index contributed by atoms with van der Waals surface area (Å²) in [6.07, 6.45) is 8.63. The molecule has 4 heteroatoms. The zero-order chi connectivity index (χ0) is 16.6. The standard InChI is InChI=1S/C20H29N3O/c24-20(17-21-12-11-18-7-3-1-4-8-18)23-15-13-22(14-16-23)19-9-5-2-6-10-19/h2,5-7,9-10,21H,1,3-4,8,11-17H2. The van der Waals surface area contributed by atoms with Gasteiger partial charge in [0.15, 0.2) is 0 Å². The van der Waals surface area contributed by atoms with Crippen molar-refractivity contribution in [3.05, 3.63) is 42.0 Å². The van der Waals surface area contributed by atoms with Gasteiger partial charge in [-0.25, -0.2) is 0 Å². The summed E-state index contributed by atoms with van der Waals surface area (Å²) in [6, 6.07) is 10.5. The summed E-state index contributed by atoms with van der Waals surface area (Å²) in [4.78, 5) is 16.7. The second-order valence-corrected chi connectivity index (χ2v) is 6.74. The van der Waals surface area contributed by atoms with E-state index in [2.05, 4.69) is 40.6 Å². The molecule has 1 N–H and O–H groups in total. The first-order valence-electron chi connectivity index (χ1n) is 9.29. The average molecular weight is 327 g/mol. The van der Waals surface area contributed by atoms with Crippen LogP contribution in [0.1, 0.15) is 32.1 Å². The quantitative estimate of drug-likeness (QED) is 0.645. The number of hydrogen-bond donors (Lipinski definition) is 1. The fourth-order valence-corrected chi connectivity index (χ4v) is 3.54. The van der Waals surface area contributed by atoms with E-state index in [1.165, 1.54) is 31.4 Å². The van der Waals surface area contributed by atoms with E-state index >= 15 is 0 Å². The smallest absolute Gasteiger partial charge is 0.236 e. The van der Waals surface area contributed by atoms with Gasteiger partial charge in [-0.05, 0) is 50.8 Å². The van der Waals surface area contributed by atoms with Gasteiger partial charge < -0.3 is 15.1 Å². The fourth-order valence-electron chi connectivity index (χ4n) is 3.54. The lowest BCUT2D eigenvalue weighted by atomic mass is 9.97. The molecule has 3 rings (SSSR count). The summed E-state index contributed by atoms with van der Waals surface area (Å²) in [5, 5.41) is 3.33. The monoisotopic (exact) mass is 327 g/mol. The van der Waals surface area contributed by atoms with Crippen LogP contribution in [0.15, 0.2) is 42.0 Å². The Morgan fingerprint density at radius 3 is 2.54 bits per heavy atom. The molecule has 1 fully saturated rings. The third-order valence-electron chi connectivity index (χ3n) is 5.04. The van der Waals surface area contributed by atoms with Crippen molar-refractivity contribution in [2.75, 3.05) is 44.2 Å². The maximum Gasteiger partial charge on any atom is 0.236 e. The van der Waals surface area contributed by atoms with Gasteiger partial charge in [-0.15, -0.1) is 0 Å². The molecule has 1 aromatic carbocycles. The van der Waals surface area contributed by atoms with Crippen molar-refractivity contribution in [2.24, 2.45) is 0 Å². The van der Waals surface area contributed by atoms with Gasteiger partial charge in [0, 0.05) is 31.9 Å². The van der Waals surface area contributed by atoms with Crippen LogP contribution >= 0.6 is 0 Å². The molecule has 1 aliphatic carbocycles. The topological polar surface area (TPSA) is 35.6 Å². The fraction of sp³-hybridized carbons (Fsp3) is 0.550. The molecule has 0 atom stereocenters. The van der Waals surface area contributed by atoms with E-state index in [-0.39, 0.29) is 5.91 Å². The maximum absolute atomic E-state index is 12.3. The highest BCUT2D eigenvalue weighted by Gasteiger charge is 2.20. The van der Waals surface area contributed by atoms with Gasteiger partial charge >= 0.3 is 0 Å². The number of anilines is 1. The van der Waals surface area contributed by atoms with Crippen molar-refractivity contribution in [3.8, 4) is 0 Å². The van der Waals surface area contributed by atoms with E-state index < -0.39 is 0 Å². The summed E-state index contributed by atoms with van der Waals surface area (Å²) in [5.41, 5.74) is 2.82. The minimum Gasteiger partial charge on any atom is -0.368 e. The van der Waals surface area contributed by atoms with Gasteiger partial charge in [-0.3, -0.25) is 4.79 Å². The van der Waals surface area contributed by atoms with E-state index in [0.717, 1.165) is 39.1 Å². The normalized spacial score (nSPS) is 18.4. The number of allylic oxidation sites excluding steroid dienone is 1. The number of carbonyl (C=O) groups excluding carboxylic acids is 1. The summed E-state index contributed by atoms with van der Waals surface area (Å²) in [6.45, 7) is 4.87. The average Bonchev–Trinajstić information content (AvgIpc) is 2.67. The summed E-state index contributed by atoms with van der Waals surface area (Å²) in [7, 11) is 0. The predicted molar refractivity (Wildman–Crippen MR) is 99.3 cm³/mol. The van der Waals surface area contributed by atoms with Crippen molar-refractivity contribution < 1.29 is 4.79 Å². The van der Waals surface area contributed by atoms with Crippen LogP contribution in [0.5, 0.6) is 0 Å². The van der Waals surface area contributed by atoms with Gasteiger partial charge in [0.1, 0.15) is 0 Å². The molecule has 0 bridgehead atoms. The largest absolute Gasteiger partial charge is 0.368 e. The number of para-hydroxylation sites is 1. The molecular formula is C20H29N3O. The van der Waals surface area contributed by atoms with Crippen molar-refractivity contribution in [3.63, 3.8) is 0 Å².